The predicted molar refractivity (Wildman–Crippen MR) is 53.7 cm³/mol. The van der Waals surface area contributed by atoms with Crippen molar-refractivity contribution in [2.45, 2.75) is 0 Å². The number of carboxylic acids is 1. The Hall–Kier alpha value is -1.62. The molecular weight excluding hydrogens is 201 g/mol. The lowest BCUT2D eigenvalue weighted by Gasteiger charge is -2.09. The van der Waals surface area contributed by atoms with Crippen molar-refractivity contribution in [1.82, 2.24) is 0 Å². The third kappa shape index (κ3) is 2.92. The molecular formula is C10H12FNO3. The molecule has 0 bridgehead atoms. The molecule has 0 spiro atoms. The zero-order valence-electron chi connectivity index (χ0n) is 8.29. The molecule has 0 aromatic heterocycles. The first kappa shape index (κ1) is 11.5. The summed E-state index contributed by atoms with van der Waals surface area (Å²) in [6.07, 6.45) is 0. The molecule has 4 nitrogen and oxygen atoms in total. The van der Waals surface area contributed by atoms with Gasteiger partial charge in [-0.1, -0.05) is 6.07 Å². The number of ether oxygens (including phenoxy) is 1. The quantitative estimate of drug-likeness (QED) is 0.729. The summed E-state index contributed by atoms with van der Waals surface area (Å²) in [7, 11) is 1.52. The lowest BCUT2D eigenvalue weighted by atomic mass is 10.1. The van der Waals surface area contributed by atoms with E-state index in [1.165, 1.54) is 25.3 Å². The number of anilines is 1. The van der Waals surface area contributed by atoms with Crippen LogP contribution in [0.15, 0.2) is 18.2 Å². The lowest BCUT2D eigenvalue weighted by molar-refractivity contribution is 0.0697. The Bertz CT molecular complexity index is 355. The van der Waals surface area contributed by atoms with Crippen LogP contribution in [0.4, 0.5) is 10.1 Å². The van der Waals surface area contributed by atoms with Crippen molar-refractivity contribution in [1.29, 1.82) is 0 Å². The van der Waals surface area contributed by atoms with Crippen LogP contribution in [-0.4, -0.2) is 31.3 Å². The van der Waals surface area contributed by atoms with Gasteiger partial charge in [-0.2, -0.15) is 0 Å². The Balaban J connectivity index is 2.87. The van der Waals surface area contributed by atoms with Gasteiger partial charge in [-0.25, -0.2) is 9.18 Å². The summed E-state index contributed by atoms with van der Waals surface area (Å²) in [4.78, 5) is 10.8. The van der Waals surface area contributed by atoms with Crippen LogP contribution in [0.2, 0.25) is 0 Å². The van der Waals surface area contributed by atoms with E-state index in [-0.39, 0.29) is 11.3 Å². The zero-order valence-corrected chi connectivity index (χ0v) is 8.29. The normalized spacial score (nSPS) is 10.0. The van der Waals surface area contributed by atoms with E-state index in [1.54, 1.807) is 0 Å². The van der Waals surface area contributed by atoms with Crippen molar-refractivity contribution < 1.29 is 19.0 Å². The number of benzene rings is 1. The number of rotatable bonds is 5. The van der Waals surface area contributed by atoms with Gasteiger partial charge in [0.05, 0.1) is 17.9 Å². The minimum Gasteiger partial charge on any atom is -0.478 e. The smallest absolute Gasteiger partial charge is 0.337 e. The average Bonchev–Trinajstić information content (AvgIpc) is 2.20. The lowest BCUT2D eigenvalue weighted by Crippen LogP contribution is -2.12. The Morgan fingerprint density at radius 3 is 2.93 bits per heavy atom. The van der Waals surface area contributed by atoms with Gasteiger partial charge in [0.15, 0.2) is 0 Å². The molecule has 0 atom stereocenters. The summed E-state index contributed by atoms with van der Waals surface area (Å²) in [6.45, 7) is 0.741. The number of nitrogens with one attached hydrogen (secondary N) is 1. The zero-order chi connectivity index (χ0) is 11.3. The van der Waals surface area contributed by atoms with Gasteiger partial charge in [0.25, 0.3) is 0 Å². The van der Waals surface area contributed by atoms with Crippen molar-refractivity contribution in [3.63, 3.8) is 0 Å². The maximum Gasteiger partial charge on any atom is 0.337 e. The summed E-state index contributed by atoms with van der Waals surface area (Å²) in [5, 5.41) is 11.5. The minimum absolute atomic E-state index is 0.00190. The highest BCUT2D eigenvalue weighted by atomic mass is 19.1. The summed E-state index contributed by atoms with van der Waals surface area (Å²) in [5.74, 6) is -1.74. The van der Waals surface area contributed by atoms with Gasteiger partial charge in [0.2, 0.25) is 0 Å². The molecule has 1 aromatic rings. The Morgan fingerprint density at radius 2 is 2.33 bits per heavy atom. The number of hydrogen-bond acceptors (Lipinski definition) is 3. The standard InChI is InChI=1S/C10H12FNO3/c1-15-6-5-12-9-7(10(13)14)3-2-4-8(9)11/h2-4,12H,5-6H2,1H3,(H,13,14). The SMILES string of the molecule is COCCNc1c(F)cccc1C(=O)O. The van der Waals surface area contributed by atoms with Crippen LogP contribution >= 0.6 is 0 Å². The van der Waals surface area contributed by atoms with Gasteiger partial charge in [-0.05, 0) is 12.1 Å². The molecule has 1 rings (SSSR count). The van der Waals surface area contributed by atoms with Crippen molar-refractivity contribution in [2.24, 2.45) is 0 Å². The van der Waals surface area contributed by atoms with E-state index in [4.69, 9.17) is 9.84 Å². The summed E-state index contributed by atoms with van der Waals surface area (Å²) in [5.41, 5.74) is -0.0758. The Labute approximate surface area is 86.7 Å². The van der Waals surface area contributed by atoms with Gasteiger partial charge >= 0.3 is 5.97 Å². The van der Waals surface area contributed by atoms with E-state index in [2.05, 4.69) is 5.32 Å². The van der Waals surface area contributed by atoms with Crippen molar-refractivity contribution in [3.05, 3.63) is 29.6 Å². The first-order chi connectivity index (χ1) is 7.16. The van der Waals surface area contributed by atoms with Crippen molar-refractivity contribution in [2.75, 3.05) is 25.6 Å². The number of hydrogen-bond donors (Lipinski definition) is 2. The van der Waals surface area contributed by atoms with E-state index in [9.17, 15) is 9.18 Å². The van der Waals surface area contributed by atoms with E-state index < -0.39 is 11.8 Å². The first-order valence-electron chi connectivity index (χ1n) is 4.41. The molecule has 0 aliphatic carbocycles. The largest absolute Gasteiger partial charge is 0.478 e. The fraction of sp³-hybridized carbons (Fsp3) is 0.300. The molecule has 0 heterocycles. The van der Waals surface area contributed by atoms with Crippen LogP contribution in [0, 0.1) is 5.82 Å². The summed E-state index contributed by atoms with van der Waals surface area (Å²) < 4.78 is 18.0. The third-order valence-electron chi connectivity index (χ3n) is 1.85. The van der Waals surface area contributed by atoms with E-state index in [0.717, 1.165) is 0 Å². The molecule has 5 heteroatoms. The number of aromatic carboxylic acids is 1. The van der Waals surface area contributed by atoms with Crippen molar-refractivity contribution in [3.8, 4) is 0 Å². The Kier molecular flexibility index (Phi) is 4.05. The van der Waals surface area contributed by atoms with Crippen LogP contribution in [0.3, 0.4) is 0 Å². The first-order valence-corrected chi connectivity index (χ1v) is 4.41. The van der Waals surface area contributed by atoms with Crippen LogP contribution in [0.1, 0.15) is 10.4 Å². The molecule has 0 unspecified atom stereocenters. The van der Waals surface area contributed by atoms with Gasteiger partial charge in [-0.3, -0.25) is 0 Å². The van der Waals surface area contributed by atoms with E-state index in [0.29, 0.717) is 13.2 Å². The second-order valence-corrected chi connectivity index (χ2v) is 2.89. The average molecular weight is 213 g/mol. The molecule has 82 valence electrons. The summed E-state index contributed by atoms with van der Waals surface area (Å²) in [6, 6.07) is 3.92. The molecule has 0 amide bonds. The molecule has 2 N–H and O–H groups in total. The number of para-hydroxylation sites is 1. The topological polar surface area (TPSA) is 58.6 Å². The van der Waals surface area contributed by atoms with Crippen LogP contribution in [0.25, 0.3) is 0 Å². The molecule has 0 aliphatic heterocycles. The van der Waals surface area contributed by atoms with E-state index >= 15 is 0 Å². The molecule has 0 saturated carbocycles. The molecule has 0 fully saturated rings. The highest BCUT2D eigenvalue weighted by Gasteiger charge is 2.13. The molecule has 1 aromatic carbocycles. The van der Waals surface area contributed by atoms with Gasteiger partial charge in [-0.15, -0.1) is 0 Å². The molecule has 0 aliphatic rings. The Morgan fingerprint density at radius 1 is 1.60 bits per heavy atom. The number of methoxy groups -OCH3 is 1. The predicted octanol–water partition coefficient (Wildman–Crippen LogP) is 1.58. The van der Waals surface area contributed by atoms with Crippen LogP contribution in [-0.2, 0) is 4.74 Å². The van der Waals surface area contributed by atoms with Gasteiger partial charge < -0.3 is 15.2 Å². The molecule has 0 saturated heterocycles. The second kappa shape index (κ2) is 5.31. The molecule has 15 heavy (non-hydrogen) atoms. The van der Waals surface area contributed by atoms with Crippen LogP contribution < -0.4 is 5.32 Å². The summed E-state index contributed by atoms with van der Waals surface area (Å²) >= 11 is 0. The highest BCUT2D eigenvalue weighted by molar-refractivity contribution is 5.94. The highest BCUT2D eigenvalue weighted by Crippen LogP contribution is 2.19. The number of carbonyl (C=O) groups is 1. The number of carboxylic acid groups (broad SMARTS) is 1. The minimum atomic E-state index is -1.16. The number of halogens is 1. The molecule has 0 radical (unpaired) electrons. The second-order valence-electron chi connectivity index (χ2n) is 2.89. The maximum absolute atomic E-state index is 13.3. The monoisotopic (exact) mass is 213 g/mol. The fourth-order valence-corrected chi connectivity index (χ4v) is 1.16. The maximum atomic E-state index is 13.3. The fourth-order valence-electron chi connectivity index (χ4n) is 1.16. The van der Waals surface area contributed by atoms with Gasteiger partial charge in [0.1, 0.15) is 5.82 Å². The van der Waals surface area contributed by atoms with E-state index in [1.807, 2.05) is 0 Å². The van der Waals surface area contributed by atoms with Crippen LogP contribution in [0.5, 0.6) is 0 Å². The van der Waals surface area contributed by atoms with Crippen molar-refractivity contribution >= 4 is 11.7 Å². The third-order valence-corrected chi connectivity index (χ3v) is 1.85. The van der Waals surface area contributed by atoms with Gasteiger partial charge in [0, 0.05) is 13.7 Å².